The van der Waals surface area contributed by atoms with Gasteiger partial charge in [-0.1, -0.05) is 12.1 Å². The number of methoxy groups -OCH3 is 1. The molecule has 4 rings (SSSR count). The van der Waals surface area contributed by atoms with Crippen LogP contribution < -0.4 is 5.32 Å². The Hall–Kier alpha value is -2.25. The van der Waals surface area contributed by atoms with Crippen LogP contribution in [-0.2, 0) is 21.1 Å². The number of benzene rings is 1. The molecule has 1 saturated heterocycles. The van der Waals surface area contributed by atoms with Crippen molar-refractivity contribution < 1.29 is 27.5 Å². The molecule has 2 unspecified atom stereocenters. The number of carbonyl (C=O) groups excluding carboxylic acids is 2. The molecule has 5 nitrogen and oxygen atoms in total. The quantitative estimate of drug-likeness (QED) is 0.853. The van der Waals surface area contributed by atoms with Gasteiger partial charge in [0.25, 0.3) is 0 Å². The highest BCUT2D eigenvalue weighted by Gasteiger charge is 2.58. The number of halogens is 3. The van der Waals surface area contributed by atoms with E-state index >= 15 is 0 Å². The first-order chi connectivity index (χ1) is 13.2. The Kier molecular flexibility index (Phi) is 4.55. The minimum atomic E-state index is -4.32. The molecule has 0 radical (unpaired) electrons. The predicted molar refractivity (Wildman–Crippen MR) is 94.5 cm³/mol. The van der Waals surface area contributed by atoms with Crippen molar-refractivity contribution in [1.29, 1.82) is 0 Å². The molecule has 28 heavy (non-hydrogen) atoms. The Labute approximate surface area is 161 Å². The molecule has 0 spiro atoms. The number of fused-ring (bicyclic) bond motifs is 1. The molecule has 3 aliphatic rings. The molecule has 2 saturated carbocycles. The first-order valence-electron chi connectivity index (χ1n) is 9.54. The standard InChI is InChI=1S/C20H23F3N2O3/c1-28-18(27)24-16-8-12(9-16)17(26)25-7-6-19(10-15(19)11-25)13-2-4-14(5-3-13)20(21,22)23/h2-5,12,15-16H,6-11H2,1H3,(H,24,27). The van der Waals surface area contributed by atoms with Gasteiger partial charge in [0.2, 0.25) is 5.91 Å². The van der Waals surface area contributed by atoms with Crippen LogP contribution in [-0.4, -0.2) is 43.1 Å². The van der Waals surface area contributed by atoms with Gasteiger partial charge in [-0.3, -0.25) is 4.79 Å². The summed E-state index contributed by atoms with van der Waals surface area (Å²) in [6, 6.07) is 5.47. The Morgan fingerprint density at radius 1 is 1.21 bits per heavy atom. The van der Waals surface area contributed by atoms with E-state index in [1.807, 2.05) is 4.90 Å². The fourth-order valence-corrected chi connectivity index (χ4v) is 4.73. The molecule has 1 aromatic rings. The average molecular weight is 396 g/mol. The topological polar surface area (TPSA) is 58.6 Å². The molecule has 1 heterocycles. The minimum Gasteiger partial charge on any atom is -0.453 e. The number of nitrogens with zero attached hydrogens (tertiary/aromatic N) is 1. The van der Waals surface area contributed by atoms with E-state index in [0.717, 1.165) is 30.5 Å². The summed E-state index contributed by atoms with van der Waals surface area (Å²) >= 11 is 0. The number of likely N-dealkylation sites (tertiary alicyclic amines) is 1. The van der Waals surface area contributed by atoms with Crippen LogP contribution in [0.2, 0.25) is 0 Å². The van der Waals surface area contributed by atoms with Crippen molar-refractivity contribution in [2.24, 2.45) is 11.8 Å². The van der Waals surface area contributed by atoms with Gasteiger partial charge in [0.15, 0.2) is 0 Å². The summed E-state index contributed by atoms with van der Waals surface area (Å²) in [5, 5.41) is 2.70. The van der Waals surface area contributed by atoms with E-state index in [-0.39, 0.29) is 23.3 Å². The Morgan fingerprint density at radius 3 is 2.46 bits per heavy atom. The van der Waals surface area contributed by atoms with Gasteiger partial charge in [-0.25, -0.2) is 4.79 Å². The molecule has 0 bridgehead atoms. The third-order valence-electron chi connectivity index (χ3n) is 6.59. The third kappa shape index (κ3) is 3.33. The van der Waals surface area contributed by atoms with Crippen LogP contribution in [0.5, 0.6) is 0 Å². The number of alkyl carbamates (subject to hydrolysis) is 1. The smallest absolute Gasteiger partial charge is 0.416 e. The number of ether oxygens (including phenoxy) is 1. The first-order valence-corrected chi connectivity index (χ1v) is 9.54. The zero-order chi connectivity index (χ0) is 20.1. The summed E-state index contributed by atoms with van der Waals surface area (Å²) in [7, 11) is 1.31. The highest BCUT2D eigenvalue weighted by molar-refractivity contribution is 5.80. The van der Waals surface area contributed by atoms with E-state index < -0.39 is 17.8 Å². The molecule has 2 atom stereocenters. The summed E-state index contributed by atoms with van der Waals surface area (Å²) in [6.07, 6.45) is -1.85. The molecule has 3 fully saturated rings. The zero-order valence-electron chi connectivity index (χ0n) is 15.6. The van der Waals surface area contributed by atoms with Gasteiger partial charge in [-0.05, 0) is 49.3 Å². The number of rotatable bonds is 3. The number of piperidine rings is 1. The average Bonchev–Trinajstić information content (AvgIpc) is 3.38. The van der Waals surface area contributed by atoms with Crippen molar-refractivity contribution in [1.82, 2.24) is 10.2 Å². The first kappa shape index (κ1) is 19.1. The van der Waals surface area contributed by atoms with E-state index in [0.29, 0.717) is 31.8 Å². The molecule has 1 aliphatic heterocycles. The highest BCUT2D eigenvalue weighted by atomic mass is 19.4. The van der Waals surface area contributed by atoms with Crippen LogP contribution in [0.3, 0.4) is 0 Å². The van der Waals surface area contributed by atoms with Crippen molar-refractivity contribution >= 4 is 12.0 Å². The van der Waals surface area contributed by atoms with E-state index in [2.05, 4.69) is 10.1 Å². The van der Waals surface area contributed by atoms with Crippen molar-refractivity contribution in [2.75, 3.05) is 20.2 Å². The lowest BCUT2D eigenvalue weighted by atomic mass is 9.78. The summed E-state index contributed by atoms with van der Waals surface area (Å²) < 4.78 is 42.9. The van der Waals surface area contributed by atoms with E-state index in [9.17, 15) is 22.8 Å². The van der Waals surface area contributed by atoms with Crippen LogP contribution >= 0.6 is 0 Å². The Bertz CT molecular complexity index is 774. The number of carbonyl (C=O) groups is 2. The SMILES string of the molecule is COC(=O)NC1CC(C(=O)N2CCC3(c4ccc(C(F)(F)F)cc4)CC3C2)C1. The second-order valence-corrected chi connectivity index (χ2v) is 8.17. The lowest BCUT2D eigenvalue weighted by Gasteiger charge is -2.40. The highest BCUT2D eigenvalue weighted by Crippen LogP contribution is 2.59. The molecule has 152 valence electrons. The number of hydrogen-bond acceptors (Lipinski definition) is 3. The van der Waals surface area contributed by atoms with Crippen LogP contribution in [0, 0.1) is 11.8 Å². The van der Waals surface area contributed by atoms with Crippen LogP contribution in [0.25, 0.3) is 0 Å². The van der Waals surface area contributed by atoms with Gasteiger partial charge in [0.05, 0.1) is 12.7 Å². The normalized spacial score (nSPS) is 31.4. The maximum atomic E-state index is 12.8. The number of amides is 2. The summed E-state index contributed by atoms with van der Waals surface area (Å²) in [5.74, 6) is 0.362. The molecule has 8 heteroatoms. The van der Waals surface area contributed by atoms with E-state index in [4.69, 9.17) is 0 Å². The van der Waals surface area contributed by atoms with Crippen LogP contribution in [0.4, 0.5) is 18.0 Å². The summed E-state index contributed by atoms with van der Waals surface area (Å²) in [4.78, 5) is 25.8. The van der Waals surface area contributed by atoms with Gasteiger partial charge in [0.1, 0.15) is 0 Å². The van der Waals surface area contributed by atoms with Crippen molar-refractivity contribution in [3.63, 3.8) is 0 Å². The lowest BCUT2D eigenvalue weighted by molar-refractivity contribution is -0.140. The number of nitrogens with one attached hydrogen (secondary N) is 1. The number of hydrogen-bond donors (Lipinski definition) is 1. The van der Waals surface area contributed by atoms with Crippen molar-refractivity contribution in [2.45, 2.75) is 43.3 Å². The largest absolute Gasteiger partial charge is 0.453 e. The van der Waals surface area contributed by atoms with E-state index in [1.54, 1.807) is 12.1 Å². The monoisotopic (exact) mass is 396 g/mol. The zero-order valence-corrected chi connectivity index (χ0v) is 15.6. The minimum absolute atomic E-state index is 0.0154. The van der Waals surface area contributed by atoms with E-state index in [1.165, 1.54) is 7.11 Å². The van der Waals surface area contributed by atoms with Gasteiger partial charge in [0, 0.05) is 30.5 Å². The molecule has 1 N–H and O–H groups in total. The summed E-state index contributed by atoms with van der Waals surface area (Å²) in [6.45, 7) is 1.29. The van der Waals surface area contributed by atoms with Crippen molar-refractivity contribution in [3.8, 4) is 0 Å². The van der Waals surface area contributed by atoms with Crippen LogP contribution in [0.15, 0.2) is 24.3 Å². The fraction of sp³-hybridized carbons (Fsp3) is 0.600. The van der Waals surface area contributed by atoms with Gasteiger partial charge < -0.3 is 15.0 Å². The van der Waals surface area contributed by atoms with Crippen molar-refractivity contribution in [3.05, 3.63) is 35.4 Å². The third-order valence-corrected chi connectivity index (χ3v) is 6.59. The second-order valence-electron chi connectivity index (χ2n) is 8.17. The van der Waals surface area contributed by atoms with Crippen LogP contribution in [0.1, 0.15) is 36.8 Å². The predicted octanol–water partition coefficient (Wildman–Crippen LogP) is 3.33. The lowest BCUT2D eigenvalue weighted by Crippen LogP contribution is -2.52. The maximum Gasteiger partial charge on any atom is 0.416 e. The van der Waals surface area contributed by atoms with Gasteiger partial charge >= 0.3 is 12.3 Å². The molecule has 0 aromatic heterocycles. The molecule has 2 amide bonds. The number of alkyl halides is 3. The molecule has 1 aromatic carbocycles. The molecular weight excluding hydrogens is 373 g/mol. The maximum absolute atomic E-state index is 12.8. The van der Waals surface area contributed by atoms with Gasteiger partial charge in [-0.15, -0.1) is 0 Å². The molecular formula is C20H23F3N2O3. The Morgan fingerprint density at radius 2 is 1.89 bits per heavy atom. The van der Waals surface area contributed by atoms with Gasteiger partial charge in [-0.2, -0.15) is 13.2 Å². The fourth-order valence-electron chi connectivity index (χ4n) is 4.73. The molecule has 2 aliphatic carbocycles. The Balaban J connectivity index is 1.32. The second kappa shape index (κ2) is 6.67. The summed E-state index contributed by atoms with van der Waals surface area (Å²) in [5.41, 5.74) is 0.247.